The summed E-state index contributed by atoms with van der Waals surface area (Å²) < 4.78 is 12.9. The number of carbonyl (C=O) groups excluding carboxylic acids is 2. The van der Waals surface area contributed by atoms with Crippen molar-refractivity contribution in [3.05, 3.63) is 30.1 Å². The lowest BCUT2D eigenvalue weighted by molar-refractivity contribution is -0.131. The topological polar surface area (TPSA) is 49.4 Å². The number of nitrogens with zero attached hydrogens (tertiary/aromatic N) is 1. The zero-order valence-electron chi connectivity index (χ0n) is 15.7. The van der Waals surface area contributed by atoms with Crippen LogP contribution in [0.1, 0.15) is 51.9 Å². The van der Waals surface area contributed by atoms with Crippen molar-refractivity contribution in [3.63, 3.8) is 0 Å². The molecule has 1 unspecified atom stereocenters. The molecule has 1 N–H and O–H groups in total. The lowest BCUT2D eigenvalue weighted by Crippen LogP contribution is -2.41. The molecule has 1 aromatic rings. The van der Waals surface area contributed by atoms with Crippen molar-refractivity contribution in [2.24, 2.45) is 0 Å². The van der Waals surface area contributed by atoms with Gasteiger partial charge >= 0.3 is 0 Å². The summed E-state index contributed by atoms with van der Waals surface area (Å²) in [4.78, 5) is 26.6. The van der Waals surface area contributed by atoms with Crippen LogP contribution in [0, 0.1) is 5.82 Å². The van der Waals surface area contributed by atoms with Gasteiger partial charge in [-0.3, -0.25) is 9.59 Å². The maximum absolute atomic E-state index is 12.9. The van der Waals surface area contributed by atoms with Gasteiger partial charge in [0, 0.05) is 18.8 Å². The Labute approximate surface area is 159 Å². The predicted molar refractivity (Wildman–Crippen MR) is 106 cm³/mol. The SMILES string of the molecule is CC(SCC(=O)Nc1ccc(F)cc1)C(=O)N(C)C1CCCCCCC1. The predicted octanol–water partition coefficient (Wildman–Crippen LogP) is 4.46. The number of thioether (sulfide) groups is 1. The van der Waals surface area contributed by atoms with Gasteiger partial charge in [0.15, 0.2) is 0 Å². The first-order valence-electron chi connectivity index (χ1n) is 9.41. The Bertz CT molecular complexity index is 586. The van der Waals surface area contributed by atoms with E-state index in [0.717, 1.165) is 12.8 Å². The van der Waals surface area contributed by atoms with Crippen molar-refractivity contribution in [1.29, 1.82) is 0 Å². The van der Waals surface area contributed by atoms with Crippen LogP contribution < -0.4 is 5.32 Å². The molecule has 0 aromatic heterocycles. The van der Waals surface area contributed by atoms with Gasteiger partial charge in [-0.1, -0.05) is 32.1 Å². The molecule has 26 heavy (non-hydrogen) atoms. The minimum atomic E-state index is -0.339. The zero-order valence-corrected chi connectivity index (χ0v) is 16.5. The maximum atomic E-state index is 12.9. The number of halogens is 1. The summed E-state index contributed by atoms with van der Waals surface area (Å²) >= 11 is 1.34. The highest BCUT2D eigenvalue weighted by Crippen LogP contribution is 2.23. The van der Waals surface area contributed by atoms with Gasteiger partial charge in [0.25, 0.3) is 0 Å². The third-order valence-corrected chi connectivity index (χ3v) is 6.04. The van der Waals surface area contributed by atoms with E-state index in [0.29, 0.717) is 11.7 Å². The van der Waals surface area contributed by atoms with Gasteiger partial charge in [-0.2, -0.15) is 0 Å². The van der Waals surface area contributed by atoms with E-state index >= 15 is 0 Å². The van der Waals surface area contributed by atoms with E-state index in [1.807, 2.05) is 18.9 Å². The monoisotopic (exact) mass is 380 g/mol. The average Bonchev–Trinajstić information content (AvgIpc) is 2.60. The average molecular weight is 381 g/mol. The number of rotatable bonds is 6. The van der Waals surface area contributed by atoms with Gasteiger partial charge in [-0.15, -0.1) is 11.8 Å². The molecule has 1 fully saturated rings. The van der Waals surface area contributed by atoms with Crippen LogP contribution in [-0.2, 0) is 9.59 Å². The number of anilines is 1. The highest BCUT2D eigenvalue weighted by atomic mass is 32.2. The first kappa shape index (κ1) is 20.7. The molecule has 144 valence electrons. The van der Waals surface area contributed by atoms with Crippen LogP contribution in [0.5, 0.6) is 0 Å². The van der Waals surface area contributed by atoms with E-state index in [-0.39, 0.29) is 28.6 Å². The normalized spacial score (nSPS) is 17.0. The fourth-order valence-corrected chi connectivity index (χ4v) is 4.07. The van der Waals surface area contributed by atoms with E-state index in [4.69, 9.17) is 0 Å². The van der Waals surface area contributed by atoms with Crippen molar-refractivity contribution < 1.29 is 14.0 Å². The first-order chi connectivity index (χ1) is 12.5. The van der Waals surface area contributed by atoms with Gasteiger partial charge in [0.05, 0.1) is 11.0 Å². The molecule has 2 rings (SSSR count). The molecule has 0 heterocycles. The van der Waals surface area contributed by atoms with Crippen LogP contribution in [0.15, 0.2) is 24.3 Å². The summed E-state index contributed by atoms with van der Waals surface area (Å²) in [6.45, 7) is 1.86. The van der Waals surface area contributed by atoms with Crippen LogP contribution in [0.25, 0.3) is 0 Å². The second kappa shape index (κ2) is 10.6. The Morgan fingerprint density at radius 1 is 1.15 bits per heavy atom. The molecule has 1 atom stereocenters. The van der Waals surface area contributed by atoms with Gasteiger partial charge in [0.1, 0.15) is 5.82 Å². The lowest BCUT2D eigenvalue weighted by atomic mass is 9.96. The lowest BCUT2D eigenvalue weighted by Gasteiger charge is -2.31. The number of benzene rings is 1. The molecule has 6 heteroatoms. The molecule has 1 aliphatic carbocycles. The Hall–Kier alpha value is -1.56. The Kier molecular flexibility index (Phi) is 8.42. The second-order valence-corrected chi connectivity index (χ2v) is 8.29. The molecule has 1 aromatic carbocycles. The molecule has 1 saturated carbocycles. The van der Waals surface area contributed by atoms with E-state index in [1.165, 1.54) is 68.1 Å². The van der Waals surface area contributed by atoms with Crippen LogP contribution >= 0.6 is 11.8 Å². The fourth-order valence-electron chi connectivity index (χ4n) is 3.29. The minimum Gasteiger partial charge on any atom is -0.342 e. The highest BCUT2D eigenvalue weighted by molar-refractivity contribution is 8.01. The Morgan fingerprint density at radius 2 is 1.73 bits per heavy atom. The van der Waals surface area contributed by atoms with Crippen LogP contribution in [-0.4, -0.2) is 40.8 Å². The Balaban J connectivity index is 1.78. The Morgan fingerprint density at radius 3 is 2.35 bits per heavy atom. The first-order valence-corrected chi connectivity index (χ1v) is 10.5. The largest absolute Gasteiger partial charge is 0.342 e. The van der Waals surface area contributed by atoms with Gasteiger partial charge < -0.3 is 10.2 Å². The number of hydrogen-bond donors (Lipinski definition) is 1. The highest BCUT2D eigenvalue weighted by Gasteiger charge is 2.25. The van der Waals surface area contributed by atoms with Crippen LogP contribution in [0.3, 0.4) is 0 Å². The van der Waals surface area contributed by atoms with Crippen LogP contribution in [0.4, 0.5) is 10.1 Å². The van der Waals surface area contributed by atoms with Crippen molar-refractivity contribution >= 4 is 29.3 Å². The molecule has 2 amide bonds. The summed E-state index contributed by atoms with van der Waals surface area (Å²) in [6.07, 6.45) is 8.34. The molecule has 0 spiro atoms. The van der Waals surface area contributed by atoms with Crippen molar-refractivity contribution in [2.75, 3.05) is 18.1 Å². The van der Waals surface area contributed by atoms with E-state index in [2.05, 4.69) is 5.32 Å². The molecule has 0 radical (unpaired) electrons. The van der Waals surface area contributed by atoms with Gasteiger partial charge in [0.2, 0.25) is 11.8 Å². The number of carbonyl (C=O) groups is 2. The van der Waals surface area contributed by atoms with Gasteiger partial charge in [-0.05, 0) is 44.0 Å². The zero-order chi connectivity index (χ0) is 18.9. The summed E-state index contributed by atoms with van der Waals surface area (Å²) in [5.74, 6) is -0.234. The maximum Gasteiger partial charge on any atom is 0.235 e. The number of nitrogens with one attached hydrogen (secondary N) is 1. The third-order valence-electron chi connectivity index (χ3n) is 4.91. The smallest absolute Gasteiger partial charge is 0.235 e. The third kappa shape index (κ3) is 6.63. The molecule has 0 saturated heterocycles. The molecular weight excluding hydrogens is 351 g/mol. The minimum absolute atomic E-state index is 0.0927. The quantitative estimate of drug-likeness (QED) is 0.793. The van der Waals surface area contributed by atoms with Crippen molar-refractivity contribution in [1.82, 2.24) is 4.90 Å². The number of amides is 2. The van der Waals surface area contributed by atoms with Gasteiger partial charge in [-0.25, -0.2) is 4.39 Å². The number of hydrogen-bond acceptors (Lipinski definition) is 3. The standard InChI is InChI=1S/C20H29FN2O2S/c1-15(20(25)23(2)18-8-6-4-3-5-7-9-18)26-14-19(24)22-17-12-10-16(21)11-13-17/h10-13,15,18H,3-9,14H2,1-2H3,(H,22,24). The molecule has 0 bridgehead atoms. The van der Waals surface area contributed by atoms with Crippen LogP contribution in [0.2, 0.25) is 0 Å². The second-order valence-electron chi connectivity index (χ2n) is 6.96. The molecule has 4 nitrogen and oxygen atoms in total. The van der Waals surface area contributed by atoms with Crippen molar-refractivity contribution in [2.45, 2.75) is 63.2 Å². The molecular formula is C20H29FN2O2S. The summed E-state index contributed by atoms with van der Waals surface area (Å²) in [5, 5.41) is 2.46. The van der Waals surface area contributed by atoms with E-state index < -0.39 is 0 Å². The fraction of sp³-hybridized carbons (Fsp3) is 0.600. The summed E-state index contributed by atoms with van der Waals surface area (Å²) in [5.41, 5.74) is 0.558. The summed E-state index contributed by atoms with van der Waals surface area (Å²) in [6, 6.07) is 5.97. The molecule has 0 aliphatic heterocycles. The molecule has 1 aliphatic rings. The van der Waals surface area contributed by atoms with E-state index in [9.17, 15) is 14.0 Å². The summed E-state index contributed by atoms with van der Waals surface area (Å²) in [7, 11) is 1.89. The van der Waals surface area contributed by atoms with E-state index in [1.54, 1.807) is 0 Å². The van der Waals surface area contributed by atoms with Crippen molar-refractivity contribution in [3.8, 4) is 0 Å².